The first-order valence-corrected chi connectivity index (χ1v) is 10.9. The minimum Gasteiger partial charge on any atom is -0.465 e. The number of allylic oxidation sites excluding steroid dienone is 1. The van der Waals surface area contributed by atoms with Crippen molar-refractivity contribution in [1.29, 1.82) is 0 Å². The number of aromatic nitrogens is 1. The van der Waals surface area contributed by atoms with E-state index in [0.29, 0.717) is 40.9 Å². The van der Waals surface area contributed by atoms with Crippen molar-refractivity contribution >= 4 is 41.2 Å². The van der Waals surface area contributed by atoms with Gasteiger partial charge < -0.3 is 18.9 Å². The van der Waals surface area contributed by atoms with Gasteiger partial charge in [0.05, 0.1) is 34.0 Å². The molecule has 0 fully saturated rings. The average Bonchev–Trinajstić information content (AvgIpc) is 3.17. The van der Waals surface area contributed by atoms with Gasteiger partial charge in [-0.15, -0.1) is 0 Å². The molecule has 2 aromatic rings. The Labute approximate surface area is 198 Å². The van der Waals surface area contributed by atoms with Gasteiger partial charge in [-0.1, -0.05) is 29.3 Å². The van der Waals surface area contributed by atoms with E-state index in [2.05, 4.69) is 0 Å². The molecule has 170 valence electrons. The van der Waals surface area contributed by atoms with Gasteiger partial charge in [-0.25, -0.2) is 4.79 Å². The van der Waals surface area contributed by atoms with E-state index in [1.54, 1.807) is 31.1 Å². The Balaban J connectivity index is 2.09. The summed E-state index contributed by atoms with van der Waals surface area (Å²) in [5.74, 6) is -0.771. The third-order valence-electron chi connectivity index (χ3n) is 5.57. The molecule has 3 rings (SSSR count). The minimum atomic E-state index is -0.539. The molecule has 0 aliphatic carbocycles. The highest BCUT2D eigenvalue weighted by atomic mass is 35.5. The zero-order chi connectivity index (χ0) is 23.6. The number of amides is 1. The van der Waals surface area contributed by atoms with Gasteiger partial charge in [0.1, 0.15) is 0 Å². The fraction of sp³-hybridized carbons (Fsp3) is 0.333. The number of esters is 1. The summed E-state index contributed by atoms with van der Waals surface area (Å²) in [7, 11) is 2.92. The van der Waals surface area contributed by atoms with Crippen LogP contribution in [0.25, 0.3) is 11.8 Å². The highest BCUT2D eigenvalue weighted by molar-refractivity contribution is 6.43. The predicted octanol–water partition coefficient (Wildman–Crippen LogP) is 5.11. The molecule has 0 atom stereocenters. The van der Waals surface area contributed by atoms with E-state index in [1.165, 1.54) is 7.11 Å². The van der Waals surface area contributed by atoms with Crippen LogP contribution in [0.4, 0.5) is 0 Å². The summed E-state index contributed by atoms with van der Waals surface area (Å²) in [6.45, 7) is 6.61. The second kappa shape index (κ2) is 9.94. The van der Waals surface area contributed by atoms with Gasteiger partial charge in [0.15, 0.2) is 0 Å². The number of methoxy groups -OCH3 is 2. The molecule has 8 heteroatoms. The molecule has 1 aromatic carbocycles. The van der Waals surface area contributed by atoms with Crippen LogP contribution in [0.5, 0.6) is 0 Å². The van der Waals surface area contributed by atoms with Crippen LogP contribution in [0.1, 0.15) is 30.3 Å². The molecule has 0 unspecified atom stereocenters. The molecule has 1 aromatic heterocycles. The molecule has 0 spiro atoms. The van der Waals surface area contributed by atoms with E-state index in [9.17, 15) is 9.59 Å². The summed E-state index contributed by atoms with van der Waals surface area (Å²) in [4.78, 5) is 27.4. The molecule has 0 saturated carbocycles. The Kier molecular flexibility index (Phi) is 7.49. The van der Waals surface area contributed by atoms with E-state index in [-0.39, 0.29) is 11.5 Å². The number of rotatable bonds is 7. The number of carbonyl (C=O) groups is 2. The molecule has 1 aliphatic heterocycles. The predicted molar refractivity (Wildman–Crippen MR) is 126 cm³/mol. The summed E-state index contributed by atoms with van der Waals surface area (Å²) in [6.07, 6.45) is 2.40. The molecular formula is C24H26Cl2N2O4. The van der Waals surface area contributed by atoms with Crippen LogP contribution in [-0.2, 0) is 19.1 Å². The SMILES string of the molecule is COCCCN1C(=O)/C(=C\c2cc(C)n(-c3cccc(Cl)c3Cl)c2C)C(C(=O)OC)=C1C. The van der Waals surface area contributed by atoms with Crippen LogP contribution in [0.3, 0.4) is 0 Å². The highest BCUT2D eigenvalue weighted by Crippen LogP contribution is 2.35. The Morgan fingerprint density at radius 1 is 1.16 bits per heavy atom. The van der Waals surface area contributed by atoms with Crippen molar-refractivity contribution in [3.8, 4) is 5.69 Å². The second-order valence-electron chi connectivity index (χ2n) is 7.55. The van der Waals surface area contributed by atoms with Gasteiger partial charge >= 0.3 is 5.97 Å². The van der Waals surface area contributed by atoms with Crippen LogP contribution in [0.2, 0.25) is 10.0 Å². The Morgan fingerprint density at radius 3 is 2.53 bits per heavy atom. The van der Waals surface area contributed by atoms with Gasteiger partial charge in [-0.2, -0.15) is 0 Å². The van der Waals surface area contributed by atoms with Gasteiger partial charge in [0.2, 0.25) is 0 Å². The molecule has 0 saturated heterocycles. The third-order valence-corrected chi connectivity index (χ3v) is 6.38. The first-order valence-electron chi connectivity index (χ1n) is 10.2. The lowest BCUT2D eigenvalue weighted by Gasteiger charge is -2.17. The maximum atomic E-state index is 13.2. The van der Waals surface area contributed by atoms with E-state index >= 15 is 0 Å². The molecule has 32 heavy (non-hydrogen) atoms. The lowest BCUT2D eigenvalue weighted by molar-refractivity contribution is -0.136. The number of ether oxygens (including phenoxy) is 2. The van der Waals surface area contributed by atoms with E-state index in [4.69, 9.17) is 32.7 Å². The Bertz CT molecular complexity index is 1130. The normalized spacial score (nSPS) is 15.3. The van der Waals surface area contributed by atoms with Gasteiger partial charge in [-0.3, -0.25) is 4.79 Å². The first-order chi connectivity index (χ1) is 15.2. The van der Waals surface area contributed by atoms with Gasteiger partial charge in [0, 0.05) is 37.3 Å². The van der Waals surface area contributed by atoms with Crippen molar-refractivity contribution in [3.63, 3.8) is 0 Å². The zero-order valence-electron chi connectivity index (χ0n) is 18.8. The van der Waals surface area contributed by atoms with E-state index < -0.39 is 5.97 Å². The van der Waals surface area contributed by atoms with Crippen molar-refractivity contribution in [2.75, 3.05) is 27.4 Å². The zero-order valence-corrected chi connectivity index (χ0v) is 20.3. The number of benzene rings is 1. The summed E-state index contributed by atoms with van der Waals surface area (Å²) >= 11 is 12.7. The van der Waals surface area contributed by atoms with Gasteiger partial charge in [-0.05, 0) is 57.0 Å². The van der Waals surface area contributed by atoms with Crippen LogP contribution in [0, 0.1) is 13.8 Å². The van der Waals surface area contributed by atoms with Crippen LogP contribution in [0.15, 0.2) is 41.1 Å². The molecule has 0 N–H and O–H groups in total. The summed E-state index contributed by atoms with van der Waals surface area (Å²) in [5, 5.41) is 0.906. The maximum absolute atomic E-state index is 13.2. The van der Waals surface area contributed by atoms with Crippen molar-refractivity contribution in [2.24, 2.45) is 0 Å². The quantitative estimate of drug-likeness (QED) is 0.316. The summed E-state index contributed by atoms with van der Waals surface area (Å²) < 4.78 is 12.0. The lowest BCUT2D eigenvalue weighted by atomic mass is 10.0. The molecule has 0 radical (unpaired) electrons. The Hall–Kier alpha value is -2.54. The number of carbonyl (C=O) groups excluding carboxylic acids is 2. The summed E-state index contributed by atoms with van der Waals surface area (Å²) in [6, 6.07) is 7.40. The molecule has 2 heterocycles. The van der Waals surface area contributed by atoms with Crippen molar-refractivity contribution in [3.05, 3.63) is 68.1 Å². The molecule has 1 aliphatic rings. The molecule has 0 bridgehead atoms. The number of nitrogens with zero attached hydrogens (tertiary/aromatic N) is 2. The number of hydrogen-bond acceptors (Lipinski definition) is 4. The molecule has 1 amide bonds. The third kappa shape index (κ3) is 4.35. The minimum absolute atomic E-state index is 0.232. The lowest BCUT2D eigenvalue weighted by Crippen LogP contribution is -2.26. The monoisotopic (exact) mass is 476 g/mol. The highest BCUT2D eigenvalue weighted by Gasteiger charge is 2.37. The maximum Gasteiger partial charge on any atom is 0.340 e. The number of aryl methyl sites for hydroxylation is 1. The number of halogens is 2. The Morgan fingerprint density at radius 2 is 1.88 bits per heavy atom. The van der Waals surface area contributed by atoms with Gasteiger partial charge in [0.25, 0.3) is 5.91 Å². The largest absolute Gasteiger partial charge is 0.465 e. The standard InChI is InChI=1S/C24H26Cl2N2O4/c1-14-12-17(15(2)28(14)20-9-6-8-19(25)22(20)26)13-18-21(24(30)32-5)16(3)27(23(18)29)10-7-11-31-4/h6,8-9,12-13H,7,10-11H2,1-5H3/b18-13-. The van der Waals surface area contributed by atoms with Crippen molar-refractivity contribution in [2.45, 2.75) is 27.2 Å². The summed E-state index contributed by atoms with van der Waals surface area (Å²) in [5.41, 5.74) is 4.50. The topological polar surface area (TPSA) is 60.8 Å². The number of hydrogen-bond donors (Lipinski definition) is 0. The van der Waals surface area contributed by atoms with E-state index in [1.807, 2.05) is 36.6 Å². The van der Waals surface area contributed by atoms with Crippen LogP contribution in [-0.4, -0.2) is 48.7 Å². The molecule has 6 nitrogen and oxygen atoms in total. The fourth-order valence-corrected chi connectivity index (χ4v) is 4.37. The smallest absolute Gasteiger partial charge is 0.340 e. The second-order valence-corrected chi connectivity index (χ2v) is 8.33. The van der Waals surface area contributed by atoms with E-state index in [0.717, 1.165) is 22.6 Å². The fourth-order valence-electron chi connectivity index (χ4n) is 3.99. The van der Waals surface area contributed by atoms with Crippen molar-refractivity contribution in [1.82, 2.24) is 9.47 Å². The first kappa shape index (κ1) is 24.1. The molecular weight excluding hydrogens is 451 g/mol. The van der Waals surface area contributed by atoms with Crippen LogP contribution < -0.4 is 0 Å². The average molecular weight is 477 g/mol. The van der Waals surface area contributed by atoms with Crippen LogP contribution >= 0.6 is 23.2 Å². The van der Waals surface area contributed by atoms with Crippen molar-refractivity contribution < 1.29 is 19.1 Å².